The lowest BCUT2D eigenvalue weighted by Gasteiger charge is -2.35. The normalized spacial score (nSPS) is 43.5. The van der Waals surface area contributed by atoms with Crippen LogP contribution in [0, 0.1) is 0 Å². The Kier molecular flexibility index (Phi) is 1.96. The Morgan fingerprint density at radius 3 is 3.27 bits per heavy atom. The van der Waals surface area contributed by atoms with Crippen molar-refractivity contribution in [1.82, 2.24) is 0 Å². The Morgan fingerprint density at radius 2 is 2.36 bits per heavy atom. The quantitative estimate of drug-likeness (QED) is 0.492. The molecule has 2 aliphatic rings. The van der Waals surface area contributed by atoms with Crippen LogP contribution in [0.5, 0.6) is 0 Å². The van der Waals surface area contributed by atoms with E-state index in [0.29, 0.717) is 6.10 Å². The van der Waals surface area contributed by atoms with Crippen LogP contribution in [0.4, 0.5) is 0 Å². The third-order valence-corrected chi connectivity index (χ3v) is 2.24. The first-order valence-corrected chi connectivity index (χ1v) is 4.30. The molecule has 1 saturated heterocycles. The molecule has 0 radical (unpaired) electrons. The summed E-state index contributed by atoms with van der Waals surface area (Å²) in [5, 5.41) is 0. The molecule has 0 spiro atoms. The molecule has 0 bridgehead atoms. The van der Waals surface area contributed by atoms with Gasteiger partial charge >= 0.3 is 0 Å². The van der Waals surface area contributed by atoms with Crippen molar-refractivity contribution in [1.29, 1.82) is 0 Å². The van der Waals surface area contributed by atoms with Gasteiger partial charge < -0.3 is 9.47 Å². The Hall–Kier alpha value is -0.340. The fraction of sp³-hybridized carbons (Fsp3) is 0.778. The number of ether oxygens (including phenoxy) is 2. The SMILES string of the molecule is CC1COC2CCC=CC2O1. The van der Waals surface area contributed by atoms with Crippen molar-refractivity contribution in [2.45, 2.75) is 38.1 Å². The molecular formula is C9H14O2. The number of allylic oxidation sites excluding steroid dienone is 1. The van der Waals surface area contributed by atoms with E-state index < -0.39 is 0 Å². The molecule has 0 aromatic heterocycles. The average molecular weight is 154 g/mol. The lowest BCUT2D eigenvalue weighted by atomic mass is 10.0. The summed E-state index contributed by atoms with van der Waals surface area (Å²) in [6.45, 7) is 2.81. The molecule has 0 N–H and O–H groups in total. The fourth-order valence-electron chi connectivity index (χ4n) is 1.66. The van der Waals surface area contributed by atoms with Crippen LogP contribution in [-0.4, -0.2) is 24.9 Å². The van der Waals surface area contributed by atoms with E-state index in [1.807, 2.05) is 0 Å². The summed E-state index contributed by atoms with van der Waals surface area (Å²) in [5.74, 6) is 0. The highest BCUT2D eigenvalue weighted by atomic mass is 16.6. The third-order valence-electron chi connectivity index (χ3n) is 2.24. The van der Waals surface area contributed by atoms with E-state index in [2.05, 4.69) is 19.1 Å². The first kappa shape index (κ1) is 7.32. The molecule has 2 heteroatoms. The largest absolute Gasteiger partial charge is 0.372 e. The van der Waals surface area contributed by atoms with Crippen molar-refractivity contribution in [2.24, 2.45) is 0 Å². The Morgan fingerprint density at radius 1 is 1.45 bits per heavy atom. The Bertz CT molecular complexity index is 165. The number of hydrogen-bond acceptors (Lipinski definition) is 2. The van der Waals surface area contributed by atoms with Crippen LogP contribution in [0.1, 0.15) is 19.8 Å². The molecule has 1 heterocycles. The minimum Gasteiger partial charge on any atom is -0.372 e. The molecule has 0 saturated carbocycles. The second kappa shape index (κ2) is 2.95. The van der Waals surface area contributed by atoms with Gasteiger partial charge in [0.2, 0.25) is 0 Å². The summed E-state index contributed by atoms with van der Waals surface area (Å²) < 4.78 is 11.3. The molecule has 3 atom stereocenters. The average Bonchev–Trinajstić information content (AvgIpc) is 2.04. The van der Waals surface area contributed by atoms with Crippen molar-refractivity contribution in [3.8, 4) is 0 Å². The summed E-state index contributed by atoms with van der Waals surface area (Å²) in [4.78, 5) is 0. The molecule has 0 amide bonds. The van der Waals surface area contributed by atoms with Gasteiger partial charge in [0.25, 0.3) is 0 Å². The molecule has 1 aliphatic carbocycles. The van der Waals surface area contributed by atoms with Crippen molar-refractivity contribution < 1.29 is 9.47 Å². The predicted molar refractivity (Wildman–Crippen MR) is 42.4 cm³/mol. The van der Waals surface area contributed by atoms with E-state index in [1.54, 1.807) is 0 Å². The molecule has 3 unspecified atom stereocenters. The zero-order valence-corrected chi connectivity index (χ0v) is 6.82. The van der Waals surface area contributed by atoms with Crippen molar-refractivity contribution >= 4 is 0 Å². The number of fused-ring (bicyclic) bond motifs is 1. The van der Waals surface area contributed by atoms with E-state index in [0.717, 1.165) is 19.4 Å². The van der Waals surface area contributed by atoms with Crippen LogP contribution in [0.15, 0.2) is 12.2 Å². The highest BCUT2D eigenvalue weighted by Crippen LogP contribution is 2.23. The molecular weight excluding hydrogens is 140 g/mol. The lowest BCUT2D eigenvalue weighted by Crippen LogP contribution is -2.42. The molecule has 1 aliphatic heterocycles. The maximum absolute atomic E-state index is 5.68. The van der Waals surface area contributed by atoms with Crippen molar-refractivity contribution in [2.75, 3.05) is 6.61 Å². The van der Waals surface area contributed by atoms with E-state index in [9.17, 15) is 0 Å². The zero-order chi connectivity index (χ0) is 7.68. The second-order valence-corrected chi connectivity index (χ2v) is 3.29. The summed E-state index contributed by atoms with van der Waals surface area (Å²) in [7, 11) is 0. The smallest absolute Gasteiger partial charge is 0.102 e. The molecule has 2 rings (SSSR count). The van der Waals surface area contributed by atoms with Gasteiger partial charge in [-0.1, -0.05) is 12.2 Å². The topological polar surface area (TPSA) is 18.5 Å². The standard InChI is InChI=1S/C9H14O2/c1-7-6-10-8-4-2-3-5-9(8)11-7/h3,5,7-9H,2,4,6H2,1H3. The number of hydrogen-bond donors (Lipinski definition) is 0. The van der Waals surface area contributed by atoms with Gasteiger partial charge in [-0.05, 0) is 19.8 Å². The summed E-state index contributed by atoms with van der Waals surface area (Å²) >= 11 is 0. The second-order valence-electron chi connectivity index (χ2n) is 3.29. The van der Waals surface area contributed by atoms with Crippen LogP contribution >= 0.6 is 0 Å². The Labute approximate surface area is 67.2 Å². The molecule has 1 fully saturated rings. The third kappa shape index (κ3) is 1.47. The van der Waals surface area contributed by atoms with E-state index in [-0.39, 0.29) is 12.2 Å². The Balaban J connectivity index is 2.03. The molecule has 62 valence electrons. The maximum Gasteiger partial charge on any atom is 0.102 e. The number of rotatable bonds is 0. The van der Waals surface area contributed by atoms with Crippen molar-refractivity contribution in [3.05, 3.63) is 12.2 Å². The summed E-state index contributed by atoms with van der Waals surface area (Å²) in [5.41, 5.74) is 0. The highest BCUT2D eigenvalue weighted by molar-refractivity contribution is 5.00. The molecule has 0 aromatic rings. The highest BCUT2D eigenvalue weighted by Gasteiger charge is 2.29. The van der Waals surface area contributed by atoms with E-state index in [4.69, 9.17) is 9.47 Å². The van der Waals surface area contributed by atoms with Crippen LogP contribution in [0.2, 0.25) is 0 Å². The van der Waals surface area contributed by atoms with Crippen LogP contribution in [-0.2, 0) is 9.47 Å². The van der Waals surface area contributed by atoms with E-state index >= 15 is 0 Å². The minimum absolute atomic E-state index is 0.229. The van der Waals surface area contributed by atoms with Gasteiger partial charge in [0, 0.05) is 0 Å². The molecule has 0 aromatic carbocycles. The minimum atomic E-state index is 0.229. The van der Waals surface area contributed by atoms with Gasteiger partial charge in [-0.15, -0.1) is 0 Å². The van der Waals surface area contributed by atoms with Gasteiger partial charge in [0.05, 0.1) is 18.8 Å². The lowest BCUT2D eigenvalue weighted by molar-refractivity contribution is -0.161. The van der Waals surface area contributed by atoms with Gasteiger partial charge in [0.1, 0.15) is 6.10 Å². The van der Waals surface area contributed by atoms with E-state index in [1.165, 1.54) is 0 Å². The zero-order valence-electron chi connectivity index (χ0n) is 6.82. The van der Waals surface area contributed by atoms with Gasteiger partial charge in [-0.25, -0.2) is 0 Å². The van der Waals surface area contributed by atoms with Crippen molar-refractivity contribution in [3.63, 3.8) is 0 Å². The first-order valence-electron chi connectivity index (χ1n) is 4.30. The van der Waals surface area contributed by atoms with Crippen LogP contribution in [0.25, 0.3) is 0 Å². The first-order chi connectivity index (χ1) is 5.36. The molecule has 11 heavy (non-hydrogen) atoms. The maximum atomic E-state index is 5.68. The predicted octanol–water partition coefficient (Wildman–Crippen LogP) is 1.51. The van der Waals surface area contributed by atoms with Gasteiger partial charge in [-0.2, -0.15) is 0 Å². The summed E-state index contributed by atoms with van der Waals surface area (Å²) in [6, 6.07) is 0. The fourth-order valence-corrected chi connectivity index (χ4v) is 1.66. The van der Waals surface area contributed by atoms with Gasteiger partial charge in [0.15, 0.2) is 0 Å². The van der Waals surface area contributed by atoms with Crippen LogP contribution < -0.4 is 0 Å². The monoisotopic (exact) mass is 154 g/mol. The van der Waals surface area contributed by atoms with Crippen LogP contribution in [0.3, 0.4) is 0 Å². The summed E-state index contributed by atoms with van der Waals surface area (Å²) in [6.07, 6.45) is 7.39. The van der Waals surface area contributed by atoms with Gasteiger partial charge in [-0.3, -0.25) is 0 Å². The molecule has 2 nitrogen and oxygen atoms in total.